The number of ketones is 1. The predicted molar refractivity (Wildman–Crippen MR) is 61.8 cm³/mol. The molecule has 6 nitrogen and oxygen atoms in total. The number of ether oxygens (including phenoxy) is 1. The molecule has 0 aliphatic rings. The Kier molecular flexibility index (Phi) is 4.96. The normalized spacial score (nSPS) is 11.9. The van der Waals surface area contributed by atoms with Gasteiger partial charge in [-0.25, -0.2) is 4.79 Å². The average molecular weight is 260 g/mol. The molecule has 1 unspecified atom stereocenters. The molecule has 0 fully saturated rings. The molecule has 0 aromatic carbocycles. The van der Waals surface area contributed by atoms with Gasteiger partial charge in [0.25, 0.3) is 0 Å². The van der Waals surface area contributed by atoms with E-state index < -0.39 is 12.1 Å². The topological polar surface area (TPSA) is 73.2 Å². The predicted octanol–water partition coefficient (Wildman–Crippen LogP) is 1.02. The van der Waals surface area contributed by atoms with E-state index in [1.165, 1.54) is 10.9 Å². The number of carbonyl (C=O) groups is 2. The first kappa shape index (κ1) is 13.5. The number of nitrogens with zero attached hydrogens (tertiary/aromatic N) is 2. The number of aromatic nitrogens is 2. The number of Topliss-reactive ketones (excluding diaryl/α,β-unsaturated/α-hetero) is 1. The van der Waals surface area contributed by atoms with Gasteiger partial charge in [0.1, 0.15) is 6.04 Å². The third-order valence-corrected chi connectivity index (χ3v) is 2.31. The van der Waals surface area contributed by atoms with Gasteiger partial charge in [0.05, 0.1) is 18.7 Å². The number of aryl methyl sites for hydroxylation is 1. The zero-order chi connectivity index (χ0) is 12.8. The van der Waals surface area contributed by atoms with Crippen LogP contribution < -0.4 is 5.32 Å². The van der Waals surface area contributed by atoms with Crippen molar-refractivity contribution < 1.29 is 14.3 Å². The number of amides is 1. The highest BCUT2D eigenvalue weighted by Gasteiger charge is 2.23. The fourth-order valence-corrected chi connectivity index (χ4v) is 1.46. The number of hydrogen-bond donors (Lipinski definition) is 1. The fraction of sp³-hybridized carbons (Fsp3) is 0.500. The number of alkyl carbamates (subject to hydrolysis) is 1. The Labute approximate surface area is 104 Å². The molecule has 1 rings (SSSR count). The first-order valence-corrected chi connectivity index (χ1v) is 5.62. The molecule has 0 radical (unpaired) electrons. The van der Waals surface area contributed by atoms with Crippen LogP contribution in [0.3, 0.4) is 0 Å². The Morgan fingerprint density at radius 2 is 2.35 bits per heavy atom. The van der Waals surface area contributed by atoms with Gasteiger partial charge in [0, 0.05) is 18.8 Å². The minimum Gasteiger partial charge on any atom is -0.450 e. The monoisotopic (exact) mass is 259 g/mol. The summed E-state index contributed by atoms with van der Waals surface area (Å²) in [7, 11) is 1.72. The van der Waals surface area contributed by atoms with E-state index in [4.69, 9.17) is 16.3 Å². The van der Waals surface area contributed by atoms with E-state index in [9.17, 15) is 9.59 Å². The Bertz CT molecular complexity index is 405. The molecule has 0 spiro atoms. The second-order valence-electron chi connectivity index (χ2n) is 3.35. The summed E-state index contributed by atoms with van der Waals surface area (Å²) >= 11 is 5.50. The summed E-state index contributed by atoms with van der Waals surface area (Å²) in [4.78, 5) is 22.9. The maximum absolute atomic E-state index is 11.6. The van der Waals surface area contributed by atoms with E-state index in [2.05, 4.69) is 10.4 Å². The Balaban J connectivity index is 2.81. The smallest absolute Gasteiger partial charge is 0.407 e. The fourth-order valence-electron chi connectivity index (χ4n) is 1.31. The van der Waals surface area contributed by atoms with Gasteiger partial charge < -0.3 is 10.1 Å². The van der Waals surface area contributed by atoms with Crippen molar-refractivity contribution in [3.63, 3.8) is 0 Å². The largest absolute Gasteiger partial charge is 0.450 e. The minimum absolute atomic E-state index is 0.189. The van der Waals surface area contributed by atoms with Crippen molar-refractivity contribution >= 4 is 23.5 Å². The molecular weight excluding hydrogens is 246 g/mol. The highest BCUT2D eigenvalue weighted by Crippen LogP contribution is 2.14. The first-order chi connectivity index (χ1) is 8.08. The number of rotatable bonds is 5. The number of carbonyl (C=O) groups excluding carboxylic acids is 2. The van der Waals surface area contributed by atoms with Gasteiger partial charge >= 0.3 is 6.09 Å². The van der Waals surface area contributed by atoms with Crippen molar-refractivity contribution in [2.24, 2.45) is 7.05 Å². The highest BCUT2D eigenvalue weighted by atomic mass is 35.5. The summed E-state index contributed by atoms with van der Waals surface area (Å²) < 4.78 is 6.26. The van der Waals surface area contributed by atoms with Gasteiger partial charge in [-0.1, -0.05) is 0 Å². The van der Waals surface area contributed by atoms with Gasteiger partial charge in [-0.2, -0.15) is 5.10 Å². The van der Waals surface area contributed by atoms with E-state index in [1.54, 1.807) is 20.2 Å². The summed E-state index contributed by atoms with van der Waals surface area (Å²) in [5, 5.41) is 6.39. The zero-order valence-corrected chi connectivity index (χ0v) is 10.4. The molecule has 0 aliphatic heterocycles. The Morgan fingerprint density at radius 3 is 2.82 bits per heavy atom. The minimum atomic E-state index is -0.819. The van der Waals surface area contributed by atoms with Crippen LogP contribution in [0, 0.1) is 0 Å². The summed E-state index contributed by atoms with van der Waals surface area (Å²) in [5.41, 5.74) is 0.575. The summed E-state index contributed by atoms with van der Waals surface area (Å²) in [5.74, 6) is -0.501. The number of alkyl halides is 1. The Hall–Kier alpha value is -1.56. The van der Waals surface area contributed by atoms with Crippen LogP contribution in [0.25, 0.3) is 0 Å². The molecular formula is C10H14ClN3O3. The van der Waals surface area contributed by atoms with Crippen LogP contribution in [-0.2, 0) is 16.6 Å². The molecule has 1 aromatic rings. The van der Waals surface area contributed by atoms with Crippen LogP contribution >= 0.6 is 11.6 Å². The van der Waals surface area contributed by atoms with Crippen LogP contribution in [0.15, 0.2) is 12.4 Å². The van der Waals surface area contributed by atoms with Gasteiger partial charge in [-0.05, 0) is 6.92 Å². The lowest BCUT2D eigenvalue weighted by molar-refractivity contribution is -0.118. The van der Waals surface area contributed by atoms with Gasteiger partial charge in [-0.15, -0.1) is 11.6 Å². The highest BCUT2D eigenvalue weighted by molar-refractivity contribution is 6.28. The quantitative estimate of drug-likeness (QED) is 0.801. The standard InChI is InChI=1S/C10H14ClN3O3/c1-3-17-10(16)13-9(8(15)4-11)7-5-12-14(2)6-7/h5-6,9H,3-4H2,1-2H3,(H,13,16). The van der Waals surface area contributed by atoms with Crippen LogP contribution in [0.2, 0.25) is 0 Å². The number of nitrogens with one attached hydrogen (secondary N) is 1. The zero-order valence-electron chi connectivity index (χ0n) is 9.64. The molecule has 1 heterocycles. The van der Waals surface area contributed by atoms with E-state index in [1.807, 2.05) is 0 Å². The van der Waals surface area contributed by atoms with Crippen molar-refractivity contribution in [1.82, 2.24) is 15.1 Å². The van der Waals surface area contributed by atoms with Gasteiger partial charge in [-0.3, -0.25) is 9.48 Å². The first-order valence-electron chi connectivity index (χ1n) is 5.09. The molecule has 94 valence electrons. The molecule has 17 heavy (non-hydrogen) atoms. The summed E-state index contributed by atoms with van der Waals surface area (Å²) in [6.45, 7) is 1.92. The lowest BCUT2D eigenvalue weighted by atomic mass is 10.1. The van der Waals surface area contributed by atoms with Crippen LogP contribution in [0.5, 0.6) is 0 Å². The third kappa shape index (κ3) is 3.74. The lowest BCUT2D eigenvalue weighted by Gasteiger charge is -2.14. The molecule has 0 saturated carbocycles. The second kappa shape index (κ2) is 6.24. The second-order valence-corrected chi connectivity index (χ2v) is 3.61. The molecule has 7 heteroatoms. The average Bonchev–Trinajstić information content (AvgIpc) is 2.72. The van der Waals surface area contributed by atoms with E-state index >= 15 is 0 Å². The molecule has 0 bridgehead atoms. The van der Waals surface area contributed by atoms with Gasteiger partial charge in [0.15, 0.2) is 5.78 Å². The number of hydrogen-bond acceptors (Lipinski definition) is 4. The maximum Gasteiger partial charge on any atom is 0.407 e. The van der Waals surface area contributed by atoms with Crippen LogP contribution in [0.1, 0.15) is 18.5 Å². The molecule has 0 aliphatic carbocycles. The third-order valence-electron chi connectivity index (χ3n) is 2.05. The van der Waals surface area contributed by atoms with Crippen molar-refractivity contribution in [1.29, 1.82) is 0 Å². The van der Waals surface area contributed by atoms with Crippen LogP contribution in [0.4, 0.5) is 4.79 Å². The molecule has 1 amide bonds. The van der Waals surface area contributed by atoms with Crippen molar-refractivity contribution in [2.45, 2.75) is 13.0 Å². The van der Waals surface area contributed by atoms with E-state index in [0.717, 1.165) is 0 Å². The molecule has 1 atom stereocenters. The van der Waals surface area contributed by atoms with Crippen molar-refractivity contribution in [2.75, 3.05) is 12.5 Å². The SMILES string of the molecule is CCOC(=O)NC(C(=O)CCl)c1cnn(C)c1. The molecule has 1 N–H and O–H groups in total. The summed E-state index contributed by atoms with van der Waals surface area (Å²) in [6.07, 6.45) is 2.49. The number of halogens is 1. The lowest BCUT2D eigenvalue weighted by Crippen LogP contribution is -2.34. The maximum atomic E-state index is 11.6. The van der Waals surface area contributed by atoms with E-state index in [-0.39, 0.29) is 18.3 Å². The van der Waals surface area contributed by atoms with Crippen molar-refractivity contribution in [3.05, 3.63) is 18.0 Å². The Morgan fingerprint density at radius 1 is 1.65 bits per heavy atom. The van der Waals surface area contributed by atoms with E-state index in [0.29, 0.717) is 5.56 Å². The molecule has 0 saturated heterocycles. The van der Waals surface area contributed by atoms with Crippen molar-refractivity contribution in [3.8, 4) is 0 Å². The van der Waals surface area contributed by atoms with Crippen LogP contribution in [-0.4, -0.2) is 34.1 Å². The molecule has 1 aromatic heterocycles. The van der Waals surface area contributed by atoms with Gasteiger partial charge in [0.2, 0.25) is 0 Å². The summed E-state index contributed by atoms with van der Waals surface area (Å²) in [6, 6.07) is -0.819.